The van der Waals surface area contributed by atoms with Crippen LogP contribution in [0.3, 0.4) is 0 Å². The van der Waals surface area contributed by atoms with Crippen molar-refractivity contribution in [3.63, 3.8) is 0 Å². The first-order valence-corrected chi connectivity index (χ1v) is 6.36. The van der Waals surface area contributed by atoms with E-state index in [1.807, 2.05) is 26.2 Å². The van der Waals surface area contributed by atoms with Gasteiger partial charge in [-0.25, -0.2) is 4.79 Å². The lowest BCUT2D eigenvalue weighted by molar-refractivity contribution is -0.144. The fraction of sp³-hybridized carbons (Fsp3) is 0.500. The zero-order valence-electron chi connectivity index (χ0n) is 11.3. The molecular weight excluding hydrogens is 246 g/mol. The maximum atomic E-state index is 10.9. The van der Waals surface area contributed by atoms with Crippen molar-refractivity contribution < 1.29 is 19.4 Å². The van der Waals surface area contributed by atoms with Crippen molar-refractivity contribution in [2.24, 2.45) is 0 Å². The first kappa shape index (κ1) is 13.7. The van der Waals surface area contributed by atoms with E-state index < -0.39 is 12.1 Å². The average Bonchev–Trinajstić information content (AvgIpc) is 2.77. The molecule has 0 fully saturated rings. The highest BCUT2D eigenvalue weighted by Gasteiger charge is 2.28. The Morgan fingerprint density at radius 2 is 2.32 bits per heavy atom. The molecule has 0 spiro atoms. The second-order valence-corrected chi connectivity index (χ2v) is 4.92. The molecule has 5 heteroatoms. The van der Waals surface area contributed by atoms with Crippen molar-refractivity contribution in [3.05, 3.63) is 23.8 Å². The summed E-state index contributed by atoms with van der Waals surface area (Å²) in [5.74, 6) is 0.422. The van der Waals surface area contributed by atoms with Crippen molar-refractivity contribution >= 4 is 5.97 Å². The summed E-state index contributed by atoms with van der Waals surface area (Å²) in [5, 5.41) is 8.92. The number of ether oxygens (including phenoxy) is 2. The fourth-order valence-electron chi connectivity index (χ4n) is 2.01. The van der Waals surface area contributed by atoms with Gasteiger partial charge in [-0.1, -0.05) is 6.07 Å². The molecule has 0 radical (unpaired) electrons. The van der Waals surface area contributed by atoms with E-state index in [4.69, 9.17) is 14.6 Å². The Morgan fingerprint density at radius 1 is 1.53 bits per heavy atom. The molecule has 2 rings (SSSR count). The number of fused-ring (bicyclic) bond motifs is 1. The van der Waals surface area contributed by atoms with Gasteiger partial charge in [0.1, 0.15) is 11.5 Å². The predicted molar refractivity (Wildman–Crippen MR) is 70.9 cm³/mol. The van der Waals surface area contributed by atoms with Crippen LogP contribution in [0.1, 0.15) is 12.0 Å². The fourth-order valence-corrected chi connectivity index (χ4v) is 2.01. The van der Waals surface area contributed by atoms with Gasteiger partial charge in [0, 0.05) is 19.0 Å². The number of carboxylic acids is 1. The third-order valence-corrected chi connectivity index (χ3v) is 3.01. The van der Waals surface area contributed by atoms with Crippen LogP contribution in [0, 0.1) is 0 Å². The van der Waals surface area contributed by atoms with E-state index >= 15 is 0 Å². The smallest absolute Gasteiger partial charge is 0.345 e. The van der Waals surface area contributed by atoms with Gasteiger partial charge in [0.15, 0.2) is 6.10 Å². The molecule has 104 valence electrons. The summed E-state index contributed by atoms with van der Waals surface area (Å²) in [6.45, 7) is 1.61. The third kappa shape index (κ3) is 3.61. The van der Waals surface area contributed by atoms with Crippen molar-refractivity contribution in [2.45, 2.75) is 18.9 Å². The van der Waals surface area contributed by atoms with Crippen molar-refractivity contribution in [1.82, 2.24) is 4.90 Å². The quantitative estimate of drug-likeness (QED) is 0.788. The normalized spacial score (nSPS) is 17.1. The van der Waals surface area contributed by atoms with E-state index in [1.165, 1.54) is 0 Å². The Labute approximate surface area is 112 Å². The van der Waals surface area contributed by atoms with E-state index in [1.54, 1.807) is 6.07 Å². The Kier molecular flexibility index (Phi) is 4.27. The number of rotatable bonds is 6. The Morgan fingerprint density at radius 3 is 3.00 bits per heavy atom. The summed E-state index contributed by atoms with van der Waals surface area (Å²) in [5.41, 5.74) is 0.924. The molecule has 5 nitrogen and oxygen atoms in total. The van der Waals surface area contributed by atoms with Crippen molar-refractivity contribution in [2.75, 3.05) is 27.2 Å². The van der Waals surface area contributed by atoms with E-state index in [9.17, 15) is 4.79 Å². The Bertz CT molecular complexity index is 459. The molecule has 0 amide bonds. The largest absolute Gasteiger partial charge is 0.493 e. The van der Waals surface area contributed by atoms with Crippen molar-refractivity contribution in [1.29, 1.82) is 0 Å². The predicted octanol–water partition coefficient (Wildman–Crippen LogP) is 1.41. The molecule has 1 atom stereocenters. The van der Waals surface area contributed by atoms with Crippen LogP contribution in [0.5, 0.6) is 11.5 Å². The van der Waals surface area contributed by atoms with E-state index in [2.05, 4.69) is 4.90 Å². The van der Waals surface area contributed by atoms with Gasteiger partial charge in [-0.2, -0.15) is 0 Å². The van der Waals surface area contributed by atoms with Gasteiger partial charge in [-0.05, 0) is 32.1 Å². The number of aliphatic carboxylic acids is 1. The molecule has 1 aliphatic heterocycles. The first-order chi connectivity index (χ1) is 9.06. The SMILES string of the molecule is CN(C)CCCOc1ccc2c(c1)OC(C(=O)O)C2. The second-order valence-electron chi connectivity index (χ2n) is 4.92. The summed E-state index contributed by atoms with van der Waals surface area (Å²) in [4.78, 5) is 13.0. The molecule has 1 heterocycles. The van der Waals surface area contributed by atoms with Crippen molar-refractivity contribution in [3.8, 4) is 11.5 Å². The Hall–Kier alpha value is -1.75. The van der Waals surface area contributed by atoms with Gasteiger partial charge in [0.25, 0.3) is 0 Å². The number of nitrogens with zero attached hydrogens (tertiary/aromatic N) is 1. The number of benzene rings is 1. The molecular formula is C14H19NO4. The number of carbonyl (C=O) groups is 1. The highest BCUT2D eigenvalue weighted by atomic mass is 16.5. The third-order valence-electron chi connectivity index (χ3n) is 3.01. The van der Waals surface area contributed by atoms with Gasteiger partial charge in [0.05, 0.1) is 6.61 Å². The number of carboxylic acid groups (broad SMARTS) is 1. The molecule has 0 saturated carbocycles. The van der Waals surface area contributed by atoms with Crippen LogP contribution in [0.2, 0.25) is 0 Å². The molecule has 1 N–H and O–H groups in total. The molecule has 1 aromatic rings. The molecule has 0 aromatic heterocycles. The second kappa shape index (κ2) is 5.93. The highest BCUT2D eigenvalue weighted by molar-refractivity contribution is 5.74. The molecule has 0 saturated heterocycles. The molecule has 1 unspecified atom stereocenters. The monoisotopic (exact) mass is 265 g/mol. The molecule has 0 aliphatic carbocycles. The zero-order valence-corrected chi connectivity index (χ0v) is 11.3. The lowest BCUT2D eigenvalue weighted by Gasteiger charge is -2.11. The zero-order chi connectivity index (χ0) is 13.8. The number of hydrogen-bond acceptors (Lipinski definition) is 4. The van der Waals surface area contributed by atoms with Crippen LogP contribution in [-0.4, -0.2) is 49.3 Å². The van der Waals surface area contributed by atoms with Gasteiger partial charge in [-0.3, -0.25) is 0 Å². The topological polar surface area (TPSA) is 59.0 Å². The minimum atomic E-state index is -0.926. The summed E-state index contributed by atoms with van der Waals surface area (Å²) in [6, 6.07) is 5.51. The summed E-state index contributed by atoms with van der Waals surface area (Å²) in [7, 11) is 4.05. The Balaban J connectivity index is 1.89. The molecule has 1 aliphatic rings. The van der Waals surface area contributed by atoms with Gasteiger partial charge in [-0.15, -0.1) is 0 Å². The summed E-state index contributed by atoms with van der Waals surface area (Å²) >= 11 is 0. The van der Waals surface area contributed by atoms with Crippen LogP contribution < -0.4 is 9.47 Å². The molecule has 1 aromatic carbocycles. The van der Waals surface area contributed by atoms with Crippen LogP contribution >= 0.6 is 0 Å². The highest BCUT2D eigenvalue weighted by Crippen LogP contribution is 2.32. The van der Waals surface area contributed by atoms with Crippen LogP contribution in [-0.2, 0) is 11.2 Å². The van der Waals surface area contributed by atoms with E-state index in [0.29, 0.717) is 18.8 Å². The number of hydrogen-bond donors (Lipinski definition) is 1. The first-order valence-electron chi connectivity index (χ1n) is 6.36. The van der Waals surface area contributed by atoms with Crippen LogP contribution in [0.4, 0.5) is 0 Å². The van der Waals surface area contributed by atoms with Gasteiger partial charge >= 0.3 is 5.97 Å². The maximum absolute atomic E-state index is 10.9. The lowest BCUT2D eigenvalue weighted by atomic mass is 10.1. The van der Waals surface area contributed by atoms with Crippen LogP contribution in [0.25, 0.3) is 0 Å². The maximum Gasteiger partial charge on any atom is 0.345 e. The molecule has 19 heavy (non-hydrogen) atoms. The van der Waals surface area contributed by atoms with Gasteiger partial charge in [0.2, 0.25) is 0 Å². The summed E-state index contributed by atoms with van der Waals surface area (Å²) < 4.78 is 11.0. The minimum absolute atomic E-state index is 0.422. The van der Waals surface area contributed by atoms with E-state index in [0.717, 1.165) is 24.3 Å². The lowest BCUT2D eigenvalue weighted by Crippen LogP contribution is -2.24. The van der Waals surface area contributed by atoms with Crippen LogP contribution in [0.15, 0.2) is 18.2 Å². The van der Waals surface area contributed by atoms with E-state index in [-0.39, 0.29) is 0 Å². The summed E-state index contributed by atoms with van der Waals surface area (Å²) in [6.07, 6.45) is 0.604. The molecule has 0 bridgehead atoms. The minimum Gasteiger partial charge on any atom is -0.493 e. The average molecular weight is 265 g/mol. The standard InChI is InChI=1S/C14H19NO4/c1-15(2)6-3-7-18-11-5-4-10-8-13(14(16)17)19-12(10)9-11/h4-5,9,13H,3,6-8H2,1-2H3,(H,16,17). The van der Waals surface area contributed by atoms with Gasteiger partial charge < -0.3 is 19.5 Å².